The van der Waals surface area contributed by atoms with Crippen LogP contribution in [0.2, 0.25) is 0 Å². The predicted octanol–water partition coefficient (Wildman–Crippen LogP) is 3.73. The van der Waals surface area contributed by atoms with Crippen LogP contribution >= 0.6 is 15.9 Å². The molecule has 10 nitrogen and oxygen atoms in total. The van der Waals surface area contributed by atoms with Crippen molar-refractivity contribution >= 4 is 39.8 Å². The molecule has 1 rings (SSSR count). The Hall–Kier alpha value is -2.14. The van der Waals surface area contributed by atoms with Gasteiger partial charge in [0.1, 0.15) is 17.5 Å². The minimum atomic E-state index is -1.08. The number of nitrogens with two attached hydrogens (primary N) is 1. The Morgan fingerprint density at radius 2 is 1.78 bits per heavy atom. The van der Waals surface area contributed by atoms with Crippen molar-refractivity contribution in [3.8, 4) is 0 Å². The molecule has 1 aromatic heterocycles. The van der Waals surface area contributed by atoms with Crippen LogP contribution in [0.3, 0.4) is 0 Å². The summed E-state index contributed by atoms with van der Waals surface area (Å²) >= 11 is 3.44. The van der Waals surface area contributed by atoms with Gasteiger partial charge in [0.25, 0.3) is 0 Å². The number of aromatic nitrogens is 2. The fourth-order valence-corrected chi connectivity index (χ4v) is 3.12. The number of hydrogen-bond acceptors (Lipinski definition) is 8. The molecule has 32 heavy (non-hydrogen) atoms. The maximum absolute atomic E-state index is 11.8. The minimum Gasteiger partial charge on any atom is -0.480 e. The zero-order valence-corrected chi connectivity index (χ0v) is 20.8. The van der Waals surface area contributed by atoms with E-state index in [-0.39, 0.29) is 0 Å². The fraction of sp³-hybridized carbons (Fsp3) is 0.714. The standard InChI is InChI=1S/C21H37BrN6O4/c1-21(2,3)32-20(31)27-16(18(29)30)10-6-9-12-24-17-15(22)14-26-19(28-17)25-13-8-5-4-7-11-23/h14,16H,4-13,23H2,1-3H3,(H,27,31)(H,29,30)(H2,24,25,26,28). The van der Waals surface area contributed by atoms with Crippen LogP contribution in [0.15, 0.2) is 10.7 Å². The second-order valence-electron chi connectivity index (χ2n) is 8.48. The summed E-state index contributed by atoms with van der Waals surface area (Å²) in [6.45, 7) is 7.31. The third kappa shape index (κ3) is 12.7. The van der Waals surface area contributed by atoms with Crippen LogP contribution < -0.4 is 21.7 Å². The van der Waals surface area contributed by atoms with Gasteiger partial charge in [-0.25, -0.2) is 14.6 Å². The fourth-order valence-electron chi connectivity index (χ4n) is 2.79. The summed E-state index contributed by atoms with van der Waals surface area (Å²) in [7, 11) is 0. The molecule has 182 valence electrons. The summed E-state index contributed by atoms with van der Waals surface area (Å²) in [5.41, 5.74) is 4.82. The van der Waals surface area contributed by atoms with Crippen molar-refractivity contribution in [1.29, 1.82) is 0 Å². The van der Waals surface area contributed by atoms with E-state index >= 15 is 0 Å². The number of nitrogens with one attached hydrogen (secondary N) is 3. The number of ether oxygens (including phenoxy) is 1. The predicted molar refractivity (Wildman–Crippen MR) is 129 cm³/mol. The van der Waals surface area contributed by atoms with Crippen LogP contribution in [0.5, 0.6) is 0 Å². The van der Waals surface area contributed by atoms with E-state index in [1.54, 1.807) is 27.0 Å². The normalized spacial score (nSPS) is 12.2. The summed E-state index contributed by atoms with van der Waals surface area (Å²) < 4.78 is 5.88. The number of amides is 1. The van der Waals surface area contributed by atoms with E-state index in [9.17, 15) is 14.7 Å². The second-order valence-corrected chi connectivity index (χ2v) is 9.33. The number of halogens is 1. The Bertz CT molecular complexity index is 714. The monoisotopic (exact) mass is 516 g/mol. The average Bonchev–Trinajstić information content (AvgIpc) is 2.69. The minimum absolute atomic E-state index is 0.304. The highest BCUT2D eigenvalue weighted by molar-refractivity contribution is 9.10. The number of nitrogens with zero attached hydrogens (tertiary/aromatic N) is 2. The Labute approximate surface area is 198 Å². The van der Waals surface area contributed by atoms with Crippen molar-refractivity contribution in [2.45, 2.75) is 77.4 Å². The topological polar surface area (TPSA) is 151 Å². The largest absolute Gasteiger partial charge is 0.480 e. The van der Waals surface area contributed by atoms with Crippen LogP contribution in [0.25, 0.3) is 0 Å². The van der Waals surface area contributed by atoms with Crippen molar-refractivity contribution < 1.29 is 19.4 Å². The highest BCUT2D eigenvalue weighted by Crippen LogP contribution is 2.20. The Kier molecular flexibility index (Phi) is 12.9. The molecule has 1 unspecified atom stereocenters. The van der Waals surface area contributed by atoms with Crippen molar-refractivity contribution in [1.82, 2.24) is 15.3 Å². The van der Waals surface area contributed by atoms with Crippen LogP contribution in [-0.4, -0.2) is 58.4 Å². The van der Waals surface area contributed by atoms with Gasteiger partial charge in [-0.15, -0.1) is 0 Å². The molecule has 1 amide bonds. The first-order valence-electron chi connectivity index (χ1n) is 11.0. The maximum Gasteiger partial charge on any atom is 0.408 e. The van der Waals surface area contributed by atoms with E-state index in [1.165, 1.54) is 0 Å². The number of carbonyl (C=O) groups excluding carboxylic acids is 1. The van der Waals surface area contributed by atoms with Gasteiger partial charge in [-0.1, -0.05) is 12.8 Å². The maximum atomic E-state index is 11.8. The van der Waals surface area contributed by atoms with Gasteiger partial charge in [0.05, 0.1) is 4.47 Å². The van der Waals surface area contributed by atoms with Gasteiger partial charge in [-0.3, -0.25) is 0 Å². The van der Waals surface area contributed by atoms with Gasteiger partial charge in [0, 0.05) is 19.3 Å². The highest BCUT2D eigenvalue weighted by atomic mass is 79.9. The molecule has 0 fully saturated rings. The van der Waals surface area contributed by atoms with E-state index in [0.29, 0.717) is 37.6 Å². The van der Waals surface area contributed by atoms with Gasteiger partial charge in [0.15, 0.2) is 0 Å². The van der Waals surface area contributed by atoms with Gasteiger partial charge < -0.3 is 31.5 Å². The summed E-state index contributed by atoms with van der Waals surface area (Å²) in [5, 5.41) is 18.2. The molecule has 0 spiro atoms. The Morgan fingerprint density at radius 3 is 2.44 bits per heavy atom. The lowest BCUT2D eigenvalue weighted by Gasteiger charge is -2.22. The average molecular weight is 517 g/mol. The smallest absolute Gasteiger partial charge is 0.408 e. The van der Waals surface area contributed by atoms with Gasteiger partial charge in [-0.05, 0) is 75.4 Å². The molecule has 0 aliphatic carbocycles. The third-order valence-electron chi connectivity index (χ3n) is 4.36. The van der Waals surface area contributed by atoms with E-state index < -0.39 is 23.7 Å². The van der Waals surface area contributed by atoms with Gasteiger partial charge in [-0.2, -0.15) is 4.98 Å². The molecule has 11 heteroatoms. The first-order valence-corrected chi connectivity index (χ1v) is 11.8. The Balaban J connectivity index is 2.37. The molecule has 0 radical (unpaired) electrons. The number of rotatable bonds is 15. The first-order chi connectivity index (χ1) is 15.1. The number of carboxylic acids is 1. The third-order valence-corrected chi connectivity index (χ3v) is 4.94. The lowest BCUT2D eigenvalue weighted by Crippen LogP contribution is -2.43. The summed E-state index contributed by atoms with van der Waals surface area (Å²) in [4.78, 5) is 32.0. The zero-order valence-electron chi connectivity index (χ0n) is 19.2. The van der Waals surface area contributed by atoms with E-state index in [2.05, 4.69) is 41.8 Å². The van der Waals surface area contributed by atoms with Gasteiger partial charge >= 0.3 is 12.1 Å². The summed E-state index contributed by atoms with van der Waals surface area (Å²) in [6, 6.07) is -0.990. The molecule has 0 aliphatic rings. The molecular formula is C21H37BrN6O4. The number of carboxylic acid groups (broad SMARTS) is 1. The van der Waals surface area contributed by atoms with Crippen molar-refractivity contribution in [3.63, 3.8) is 0 Å². The molecule has 0 saturated carbocycles. The van der Waals surface area contributed by atoms with Crippen LogP contribution in [-0.2, 0) is 9.53 Å². The number of hydrogen-bond donors (Lipinski definition) is 5. The van der Waals surface area contributed by atoms with Crippen LogP contribution in [0.1, 0.15) is 65.7 Å². The number of carbonyl (C=O) groups is 2. The number of unbranched alkanes of at least 4 members (excludes halogenated alkanes) is 4. The molecule has 0 aliphatic heterocycles. The van der Waals surface area contributed by atoms with Gasteiger partial charge in [0.2, 0.25) is 5.95 Å². The quantitative estimate of drug-likeness (QED) is 0.219. The van der Waals surface area contributed by atoms with Crippen molar-refractivity contribution in [2.24, 2.45) is 5.73 Å². The molecule has 0 bridgehead atoms. The Morgan fingerprint density at radius 1 is 1.12 bits per heavy atom. The van der Waals surface area contributed by atoms with Crippen LogP contribution in [0.4, 0.5) is 16.6 Å². The molecule has 0 saturated heterocycles. The number of anilines is 2. The van der Waals surface area contributed by atoms with Crippen molar-refractivity contribution in [2.75, 3.05) is 30.3 Å². The van der Waals surface area contributed by atoms with E-state index in [0.717, 1.165) is 43.2 Å². The molecule has 1 aromatic rings. The number of alkyl carbamates (subject to hydrolysis) is 1. The first kappa shape index (κ1) is 27.9. The van der Waals surface area contributed by atoms with Crippen molar-refractivity contribution in [3.05, 3.63) is 10.7 Å². The molecular weight excluding hydrogens is 480 g/mol. The molecule has 6 N–H and O–H groups in total. The molecule has 1 atom stereocenters. The summed E-state index contributed by atoms with van der Waals surface area (Å²) in [5.74, 6) is 0.149. The van der Waals surface area contributed by atoms with Crippen LogP contribution in [0, 0.1) is 0 Å². The van der Waals surface area contributed by atoms with E-state index in [4.69, 9.17) is 10.5 Å². The lowest BCUT2D eigenvalue weighted by atomic mass is 10.1. The highest BCUT2D eigenvalue weighted by Gasteiger charge is 2.23. The molecule has 0 aromatic carbocycles. The second kappa shape index (κ2) is 14.8. The lowest BCUT2D eigenvalue weighted by molar-refractivity contribution is -0.139. The van der Waals surface area contributed by atoms with E-state index in [1.807, 2.05) is 0 Å². The zero-order chi connectivity index (χ0) is 24.0. The molecule has 1 heterocycles. The SMILES string of the molecule is CC(C)(C)OC(=O)NC(CCCCNc1nc(NCCCCCCN)ncc1Br)C(=O)O. The number of aliphatic carboxylic acids is 1. The summed E-state index contributed by atoms with van der Waals surface area (Å²) in [6.07, 6.45) is 6.91.